The minimum Gasteiger partial charge on any atom is -0.366 e. The van der Waals surface area contributed by atoms with E-state index in [1.807, 2.05) is 6.07 Å². The van der Waals surface area contributed by atoms with Crippen molar-refractivity contribution in [1.82, 2.24) is 10.3 Å². The van der Waals surface area contributed by atoms with Crippen LogP contribution in [-0.4, -0.2) is 16.9 Å². The number of rotatable bonds is 6. The van der Waals surface area contributed by atoms with E-state index in [-0.39, 0.29) is 12.6 Å². The number of aryl methyl sites for hydroxylation is 1. The molecule has 27 heavy (non-hydrogen) atoms. The minimum absolute atomic E-state index is 0.286. The topological polar surface area (TPSA) is 97.1 Å². The number of benzene rings is 2. The van der Waals surface area contributed by atoms with Crippen molar-refractivity contribution in [3.63, 3.8) is 0 Å². The molecule has 0 saturated heterocycles. The number of primary amides is 1. The lowest BCUT2D eigenvalue weighted by molar-refractivity contribution is 0.1000. The molecule has 3 amide bonds. The van der Waals surface area contributed by atoms with Crippen LogP contribution in [0.2, 0.25) is 0 Å². The van der Waals surface area contributed by atoms with Crippen molar-refractivity contribution in [3.8, 4) is 0 Å². The zero-order valence-electron chi connectivity index (χ0n) is 14.9. The van der Waals surface area contributed by atoms with Gasteiger partial charge >= 0.3 is 6.03 Å². The van der Waals surface area contributed by atoms with Gasteiger partial charge in [0.25, 0.3) is 0 Å². The molecule has 6 nitrogen and oxygen atoms in total. The summed E-state index contributed by atoms with van der Waals surface area (Å²) >= 11 is 1.44. The number of urea groups is 1. The first-order valence-corrected chi connectivity index (χ1v) is 9.25. The van der Waals surface area contributed by atoms with Gasteiger partial charge in [0.05, 0.1) is 0 Å². The summed E-state index contributed by atoms with van der Waals surface area (Å²) < 4.78 is 0. The van der Waals surface area contributed by atoms with Crippen molar-refractivity contribution >= 4 is 28.4 Å². The van der Waals surface area contributed by atoms with E-state index >= 15 is 0 Å². The number of amides is 3. The predicted octanol–water partition coefficient (Wildman–Crippen LogP) is 3.46. The van der Waals surface area contributed by atoms with Crippen LogP contribution in [0.15, 0.2) is 54.7 Å². The fourth-order valence-electron chi connectivity index (χ4n) is 2.51. The molecule has 0 aliphatic heterocycles. The van der Waals surface area contributed by atoms with Gasteiger partial charge in [-0.2, -0.15) is 0 Å². The molecule has 0 spiro atoms. The number of nitrogens with zero attached hydrogens (tertiary/aromatic N) is 1. The summed E-state index contributed by atoms with van der Waals surface area (Å²) in [5, 5.41) is 6.02. The normalized spacial score (nSPS) is 10.4. The number of hydrogen-bond donors (Lipinski definition) is 3. The van der Waals surface area contributed by atoms with Gasteiger partial charge in [-0.25, -0.2) is 9.78 Å². The van der Waals surface area contributed by atoms with Crippen molar-refractivity contribution in [1.29, 1.82) is 0 Å². The second-order valence-electron chi connectivity index (χ2n) is 6.17. The molecule has 138 valence electrons. The standard InChI is InChI=1S/C20H20N4O2S/c1-13-5-7-14(8-6-13)10-17-12-23-20(27-17)24-19(26)22-11-15-3-2-4-16(9-15)18(21)25/h2-9,12H,10-11H2,1H3,(H2,21,25)(H2,22,23,24,26). The number of carbonyl (C=O) groups excluding carboxylic acids is 2. The van der Waals surface area contributed by atoms with Gasteiger partial charge in [0.15, 0.2) is 5.13 Å². The van der Waals surface area contributed by atoms with Crippen LogP contribution < -0.4 is 16.4 Å². The minimum atomic E-state index is -0.495. The maximum absolute atomic E-state index is 12.1. The van der Waals surface area contributed by atoms with E-state index in [0.717, 1.165) is 16.9 Å². The van der Waals surface area contributed by atoms with E-state index in [1.54, 1.807) is 24.4 Å². The van der Waals surface area contributed by atoms with E-state index in [0.29, 0.717) is 10.7 Å². The molecule has 0 radical (unpaired) electrons. The largest absolute Gasteiger partial charge is 0.366 e. The molecular formula is C20H20N4O2S. The Kier molecular flexibility index (Phi) is 5.83. The third-order valence-corrected chi connectivity index (χ3v) is 4.85. The van der Waals surface area contributed by atoms with Crippen LogP contribution in [0.1, 0.15) is 31.9 Å². The van der Waals surface area contributed by atoms with E-state index in [1.165, 1.54) is 22.5 Å². The number of nitrogens with two attached hydrogens (primary N) is 1. The van der Waals surface area contributed by atoms with E-state index in [2.05, 4.69) is 46.8 Å². The van der Waals surface area contributed by atoms with Gasteiger partial charge in [-0.3, -0.25) is 10.1 Å². The van der Waals surface area contributed by atoms with Gasteiger partial charge in [-0.15, -0.1) is 11.3 Å². The first-order chi connectivity index (χ1) is 13.0. The SMILES string of the molecule is Cc1ccc(Cc2cnc(NC(=O)NCc3cccc(C(N)=O)c3)s2)cc1. The summed E-state index contributed by atoms with van der Waals surface area (Å²) in [4.78, 5) is 28.6. The maximum atomic E-state index is 12.1. The Labute approximate surface area is 161 Å². The third kappa shape index (κ3) is 5.39. The molecule has 0 atom stereocenters. The highest BCUT2D eigenvalue weighted by molar-refractivity contribution is 7.15. The first-order valence-electron chi connectivity index (χ1n) is 8.43. The molecule has 0 fully saturated rings. The van der Waals surface area contributed by atoms with Crippen molar-refractivity contribution < 1.29 is 9.59 Å². The zero-order chi connectivity index (χ0) is 19.2. The van der Waals surface area contributed by atoms with E-state index in [9.17, 15) is 9.59 Å². The molecule has 3 rings (SSSR count). The van der Waals surface area contributed by atoms with Gasteiger partial charge in [-0.1, -0.05) is 42.0 Å². The summed E-state index contributed by atoms with van der Waals surface area (Å²) in [6.07, 6.45) is 2.55. The van der Waals surface area contributed by atoms with Gasteiger partial charge in [0.1, 0.15) is 0 Å². The number of thiazole rings is 1. The Morgan fingerprint density at radius 3 is 2.63 bits per heavy atom. The number of carbonyl (C=O) groups is 2. The average molecular weight is 380 g/mol. The lowest BCUT2D eigenvalue weighted by Gasteiger charge is -2.06. The van der Waals surface area contributed by atoms with Gasteiger partial charge in [0.2, 0.25) is 5.91 Å². The van der Waals surface area contributed by atoms with Crippen molar-refractivity contribution in [2.75, 3.05) is 5.32 Å². The van der Waals surface area contributed by atoms with Crippen molar-refractivity contribution in [3.05, 3.63) is 81.9 Å². The molecule has 0 unspecified atom stereocenters. The average Bonchev–Trinajstić information content (AvgIpc) is 3.09. The molecule has 3 aromatic rings. The Hall–Kier alpha value is -3.19. The van der Waals surface area contributed by atoms with Gasteiger partial charge < -0.3 is 11.1 Å². The lowest BCUT2D eigenvalue weighted by Crippen LogP contribution is -2.28. The fourth-order valence-corrected chi connectivity index (χ4v) is 3.35. The molecular weight excluding hydrogens is 360 g/mol. The molecule has 0 aliphatic carbocycles. The molecule has 0 saturated carbocycles. The molecule has 1 aromatic heterocycles. The third-order valence-electron chi connectivity index (χ3n) is 3.94. The van der Waals surface area contributed by atoms with Crippen molar-refractivity contribution in [2.45, 2.75) is 19.9 Å². The molecule has 0 aliphatic rings. The number of nitrogens with one attached hydrogen (secondary N) is 2. The van der Waals surface area contributed by atoms with Crippen LogP contribution >= 0.6 is 11.3 Å². The number of anilines is 1. The van der Waals surface area contributed by atoms with Crippen LogP contribution in [0.25, 0.3) is 0 Å². The Bertz CT molecular complexity index is 951. The highest BCUT2D eigenvalue weighted by Gasteiger charge is 2.08. The number of hydrogen-bond acceptors (Lipinski definition) is 4. The van der Waals surface area contributed by atoms with Crippen LogP contribution in [0.4, 0.5) is 9.93 Å². The summed E-state index contributed by atoms with van der Waals surface area (Å²) in [6, 6.07) is 14.8. The summed E-state index contributed by atoms with van der Waals surface area (Å²) in [7, 11) is 0. The van der Waals surface area contributed by atoms with Crippen LogP contribution in [-0.2, 0) is 13.0 Å². The Balaban J connectivity index is 1.52. The summed E-state index contributed by atoms with van der Waals surface area (Å²) in [5.41, 5.74) is 8.89. The Morgan fingerprint density at radius 1 is 1.11 bits per heavy atom. The van der Waals surface area contributed by atoms with E-state index < -0.39 is 5.91 Å². The molecule has 2 aromatic carbocycles. The summed E-state index contributed by atoms with van der Waals surface area (Å²) in [6.45, 7) is 2.34. The summed E-state index contributed by atoms with van der Waals surface area (Å²) in [5.74, 6) is -0.495. The van der Waals surface area contributed by atoms with Crippen LogP contribution in [0.3, 0.4) is 0 Å². The maximum Gasteiger partial charge on any atom is 0.321 e. The van der Waals surface area contributed by atoms with E-state index in [4.69, 9.17) is 5.73 Å². The lowest BCUT2D eigenvalue weighted by atomic mass is 10.1. The van der Waals surface area contributed by atoms with Crippen LogP contribution in [0.5, 0.6) is 0 Å². The second kappa shape index (κ2) is 8.46. The molecule has 1 heterocycles. The first kappa shape index (κ1) is 18.6. The smallest absolute Gasteiger partial charge is 0.321 e. The molecule has 0 bridgehead atoms. The van der Waals surface area contributed by atoms with Gasteiger partial charge in [-0.05, 0) is 30.2 Å². The monoisotopic (exact) mass is 380 g/mol. The highest BCUT2D eigenvalue weighted by atomic mass is 32.1. The molecule has 7 heteroatoms. The zero-order valence-corrected chi connectivity index (χ0v) is 15.7. The van der Waals surface area contributed by atoms with Gasteiger partial charge in [0, 0.05) is 29.6 Å². The highest BCUT2D eigenvalue weighted by Crippen LogP contribution is 2.21. The number of aromatic nitrogens is 1. The fraction of sp³-hybridized carbons (Fsp3) is 0.150. The Morgan fingerprint density at radius 2 is 1.89 bits per heavy atom. The quantitative estimate of drug-likeness (QED) is 0.611. The second-order valence-corrected chi connectivity index (χ2v) is 7.28. The van der Waals surface area contributed by atoms with Crippen molar-refractivity contribution in [2.24, 2.45) is 5.73 Å². The predicted molar refractivity (Wildman–Crippen MR) is 107 cm³/mol. The molecule has 4 N–H and O–H groups in total. The van der Waals surface area contributed by atoms with Crippen LogP contribution in [0, 0.1) is 6.92 Å².